The molecule has 4 amide bonds. The molecule has 1 saturated heterocycles. The first-order chi connectivity index (χ1) is 19.3. The van der Waals surface area contributed by atoms with Crippen molar-refractivity contribution in [3.63, 3.8) is 0 Å². The SMILES string of the molecule is COc1cccc2[nH]c(C(=O)N3CC4CCCC4C3C(=O)NC(CC3C=CNC3=O)C(=O)C(=O)NC3CC3)cc12. The second-order valence-electron chi connectivity index (χ2n) is 11.2. The lowest BCUT2D eigenvalue weighted by atomic mass is 9.92. The van der Waals surface area contributed by atoms with Crippen LogP contribution in [0.3, 0.4) is 0 Å². The number of Topliss-reactive ketones (excluding diaryl/α,β-unsaturated/α-hetero) is 1. The van der Waals surface area contributed by atoms with Gasteiger partial charge in [0.25, 0.3) is 11.8 Å². The Hall–Kier alpha value is -4.15. The molecule has 40 heavy (non-hydrogen) atoms. The molecule has 210 valence electrons. The van der Waals surface area contributed by atoms with Crippen LogP contribution in [0.25, 0.3) is 10.9 Å². The van der Waals surface area contributed by atoms with Gasteiger partial charge in [-0.15, -0.1) is 0 Å². The molecule has 2 aliphatic carbocycles. The second-order valence-corrected chi connectivity index (χ2v) is 11.2. The highest BCUT2D eigenvalue weighted by Gasteiger charge is 2.50. The summed E-state index contributed by atoms with van der Waals surface area (Å²) in [5.41, 5.74) is 1.10. The first-order valence-corrected chi connectivity index (χ1v) is 13.9. The van der Waals surface area contributed by atoms with Crippen molar-refractivity contribution in [1.82, 2.24) is 25.8 Å². The van der Waals surface area contributed by atoms with Gasteiger partial charge in [-0.25, -0.2) is 0 Å². The number of hydrogen-bond donors (Lipinski definition) is 4. The Morgan fingerprint density at radius 3 is 2.70 bits per heavy atom. The van der Waals surface area contributed by atoms with Gasteiger partial charge in [0, 0.05) is 29.7 Å². The zero-order chi connectivity index (χ0) is 28.0. The second kappa shape index (κ2) is 10.4. The molecule has 4 aliphatic rings. The largest absolute Gasteiger partial charge is 0.496 e. The lowest BCUT2D eigenvalue weighted by molar-refractivity contribution is -0.141. The first kappa shape index (κ1) is 26.1. The van der Waals surface area contributed by atoms with E-state index in [0.29, 0.717) is 18.0 Å². The zero-order valence-electron chi connectivity index (χ0n) is 22.3. The number of H-pyrrole nitrogens is 1. The van der Waals surface area contributed by atoms with Crippen LogP contribution < -0.4 is 20.7 Å². The van der Waals surface area contributed by atoms with Crippen LogP contribution in [0.15, 0.2) is 36.5 Å². The molecule has 5 unspecified atom stereocenters. The van der Waals surface area contributed by atoms with Crippen LogP contribution >= 0.6 is 0 Å². The van der Waals surface area contributed by atoms with Gasteiger partial charge in [0.05, 0.1) is 19.1 Å². The van der Waals surface area contributed by atoms with E-state index in [-0.39, 0.29) is 36.1 Å². The quantitative estimate of drug-likeness (QED) is 0.349. The molecule has 1 aromatic carbocycles. The van der Waals surface area contributed by atoms with Gasteiger partial charge < -0.3 is 30.6 Å². The predicted octanol–water partition coefficient (Wildman–Crippen LogP) is 1.40. The van der Waals surface area contributed by atoms with Crippen LogP contribution in [-0.4, -0.2) is 71.1 Å². The topological polar surface area (TPSA) is 150 Å². The number of nitrogens with one attached hydrogen (secondary N) is 4. The normalized spacial score (nSPS) is 25.9. The summed E-state index contributed by atoms with van der Waals surface area (Å²) in [5.74, 6) is -2.51. The summed E-state index contributed by atoms with van der Waals surface area (Å²) in [6.07, 6.45) is 7.37. The molecule has 0 spiro atoms. The van der Waals surface area contributed by atoms with Crippen molar-refractivity contribution < 1.29 is 28.7 Å². The van der Waals surface area contributed by atoms with E-state index >= 15 is 0 Å². The number of hydrogen-bond acceptors (Lipinski definition) is 6. The standard InChI is InChI=1S/C29H33N5O6/c1-40-23-7-3-6-20-19(23)13-22(32-20)29(39)34-14-16-4-2-5-18(16)24(34)27(37)33-21(12-15-10-11-30-26(15)36)25(35)28(38)31-17-8-9-17/h3,6-7,10-11,13,15-18,21,24,32H,2,4-5,8-9,12,14H2,1H3,(H,30,36)(H,31,38)(H,33,37). The summed E-state index contributed by atoms with van der Waals surface area (Å²) < 4.78 is 5.43. The van der Waals surface area contributed by atoms with Crippen LogP contribution in [0.2, 0.25) is 0 Å². The molecule has 0 radical (unpaired) electrons. The molecule has 2 aliphatic heterocycles. The minimum absolute atomic E-state index is 0.0281. The summed E-state index contributed by atoms with van der Waals surface area (Å²) in [6.45, 7) is 0.433. The highest BCUT2D eigenvalue weighted by Crippen LogP contribution is 2.43. The Labute approximate surface area is 231 Å². The zero-order valence-corrected chi connectivity index (χ0v) is 22.3. The molecular weight excluding hydrogens is 514 g/mol. The van der Waals surface area contributed by atoms with Crippen molar-refractivity contribution in [1.29, 1.82) is 0 Å². The predicted molar refractivity (Wildman–Crippen MR) is 144 cm³/mol. The van der Waals surface area contributed by atoms with Crippen molar-refractivity contribution in [3.05, 3.63) is 42.2 Å². The number of amides is 4. The minimum Gasteiger partial charge on any atom is -0.496 e. The van der Waals surface area contributed by atoms with E-state index in [9.17, 15) is 24.0 Å². The fourth-order valence-electron chi connectivity index (χ4n) is 6.44. The van der Waals surface area contributed by atoms with Crippen molar-refractivity contribution in [2.24, 2.45) is 17.8 Å². The Bertz CT molecular complexity index is 1410. The smallest absolute Gasteiger partial charge is 0.289 e. The molecule has 2 saturated carbocycles. The Balaban J connectivity index is 1.25. The average molecular weight is 548 g/mol. The fraction of sp³-hybridized carbons (Fsp3) is 0.483. The van der Waals surface area contributed by atoms with E-state index < -0.39 is 35.6 Å². The summed E-state index contributed by atoms with van der Waals surface area (Å²) in [5, 5.41) is 8.81. The third-order valence-electron chi connectivity index (χ3n) is 8.64. The molecular formula is C29H33N5O6. The van der Waals surface area contributed by atoms with Gasteiger partial charge in [-0.05, 0) is 62.1 Å². The minimum atomic E-state index is -1.19. The maximum absolute atomic E-state index is 13.9. The third kappa shape index (κ3) is 4.84. The highest BCUT2D eigenvalue weighted by molar-refractivity contribution is 6.38. The van der Waals surface area contributed by atoms with Crippen molar-refractivity contribution in [2.45, 2.75) is 56.7 Å². The number of carbonyl (C=O) groups is 5. The molecule has 11 heteroatoms. The number of nitrogens with zero attached hydrogens (tertiary/aromatic N) is 1. The van der Waals surface area contributed by atoms with Crippen molar-refractivity contribution in [2.75, 3.05) is 13.7 Å². The Morgan fingerprint density at radius 2 is 1.98 bits per heavy atom. The van der Waals surface area contributed by atoms with Crippen molar-refractivity contribution >= 4 is 40.3 Å². The molecule has 2 aromatic rings. The Kier molecular flexibility index (Phi) is 6.81. The molecule has 11 nitrogen and oxygen atoms in total. The third-order valence-corrected chi connectivity index (χ3v) is 8.64. The maximum Gasteiger partial charge on any atom is 0.289 e. The number of aromatic nitrogens is 1. The number of ether oxygens (including phenoxy) is 1. The summed E-state index contributed by atoms with van der Waals surface area (Å²) >= 11 is 0. The lowest BCUT2D eigenvalue weighted by Crippen LogP contribution is -2.55. The number of likely N-dealkylation sites (tertiary alicyclic amines) is 1. The van der Waals surface area contributed by atoms with Crippen molar-refractivity contribution in [3.8, 4) is 5.75 Å². The van der Waals surface area contributed by atoms with Gasteiger partial charge >= 0.3 is 0 Å². The molecule has 1 aromatic heterocycles. The van der Waals surface area contributed by atoms with Gasteiger partial charge in [0.15, 0.2) is 0 Å². The molecule has 6 rings (SSSR count). The molecule has 3 heterocycles. The molecule has 3 fully saturated rings. The maximum atomic E-state index is 13.9. The number of fused-ring (bicyclic) bond motifs is 2. The fourth-order valence-corrected chi connectivity index (χ4v) is 6.44. The average Bonchev–Trinajstić information content (AvgIpc) is 3.30. The lowest BCUT2D eigenvalue weighted by Gasteiger charge is -2.29. The molecule has 0 bridgehead atoms. The van der Waals surface area contributed by atoms with E-state index in [0.717, 1.165) is 43.0 Å². The number of benzene rings is 1. The van der Waals surface area contributed by atoms with Gasteiger partial charge in [-0.3, -0.25) is 24.0 Å². The number of methoxy groups -OCH3 is 1. The van der Waals surface area contributed by atoms with Crippen LogP contribution in [0.1, 0.15) is 49.0 Å². The number of ketones is 1. The highest BCUT2D eigenvalue weighted by atomic mass is 16.5. The van der Waals surface area contributed by atoms with Gasteiger partial charge in [-0.2, -0.15) is 0 Å². The van der Waals surface area contributed by atoms with Gasteiger partial charge in [0.1, 0.15) is 17.5 Å². The van der Waals surface area contributed by atoms with E-state index in [4.69, 9.17) is 4.74 Å². The van der Waals surface area contributed by atoms with Crippen LogP contribution in [0.4, 0.5) is 0 Å². The van der Waals surface area contributed by atoms with Crippen LogP contribution in [0, 0.1) is 17.8 Å². The molecule has 5 atom stereocenters. The van der Waals surface area contributed by atoms with E-state index in [2.05, 4.69) is 20.9 Å². The van der Waals surface area contributed by atoms with E-state index in [1.807, 2.05) is 18.2 Å². The summed E-state index contributed by atoms with van der Waals surface area (Å²) in [4.78, 5) is 70.6. The monoisotopic (exact) mass is 547 g/mol. The van der Waals surface area contributed by atoms with Crippen LogP contribution in [-0.2, 0) is 19.2 Å². The van der Waals surface area contributed by atoms with E-state index in [1.165, 1.54) is 6.20 Å². The number of aromatic amines is 1. The van der Waals surface area contributed by atoms with E-state index in [1.54, 1.807) is 24.2 Å². The Morgan fingerprint density at radius 1 is 1.15 bits per heavy atom. The first-order valence-electron chi connectivity index (χ1n) is 13.9. The number of carbonyl (C=O) groups excluding carboxylic acids is 5. The number of rotatable bonds is 9. The van der Waals surface area contributed by atoms with Gasteiger partial charge in [-0.1, -0.05) is 18.6 Å². The van der Waals surface area contributed by atoms with Crippen LogP contribution in [0.5, 0.6) is 5.75 Å². The van der Waals surface area contributed by atoms with Gasteiger partial charge in [0.2, 0.25) is 17.6 Å². The molecule has 4 N–H and O–H groups in total. The summed E-state index contributed by atoms with van der Waals surface area (Å²) in [7, 11) is 1.57. The summed E-state index contributed by atoms with van der Waals surface area (Å²) in [6, 6.07) is 5.23.